The fraction of sp³-hybridized carbons (Fsp3) is 0.0769. The minimum atomic E-state index is -0.497. The first-order valence-electron chi connectivity index (χ1n) is 5.66. The number of anilines is 1. The second kappa shape index (κ2) is 6.16. The highest BCUT2D eigenvalue weighted by molar-refractivity contribution is 7.98. The molecule has 1 heterocycles. The second-order valence-corrected chi connectivity index (χ2v) is 4.66. The molecule has 2 aromatic rings. The van der Waals surface area contributed by atoms with Crippen LogP contribution in [0.3, 0.4) is 0 Å². The van der Waals surface area contributed by atoms with Gasteiger partial charge in [0.2, 0.25) is 0 Å². The first-order valence-corrected chi connectivity index (χ1v) is 6.89. The fourth-order valence-corrected chi connectivity index (χ4v) is 2.15. The molecule has 0 unspecified atom stereocenters. The molecule has 7 heteroatoms. The molecule has 102 valence electrons. The Balaban J connectivity index is 2.27. The number of thioether (sulfide) groups is 1. The summed E-state index contributed by atoms with van der Waals surface area (Å²) in [7, 11) is 0. The Kier molecular flexibility index (Phi) is 4.31. The van der Waals surface area contributed by atoms with Gasteiger partial charge in [0, 0.05) is 17.8 Å². The van der Waals surface area contributed by atoms with Crippen molar-refractivity contribution in [2.24, 2.45) is 0 Å². The number of hydrogen-bond donors (Lipinski definition) is 1. The summed E-state index contributed by atoms with van der Waals surface area (Å²) in [6.07, 6.45) is 3.30. The summed E-state index contributed by atoms with van der Waals surface area (Å²) in [6.45, 7) is 0. The molecule has 1 amide bonds. The summed E-state index contributed by atoms with van der Waals surface area (Å²) in [6, 6.07) is 9.50. The molecular formula is C13H11N3O3S. The average molecular weight is 289 g/mol. The van der Waals surface area contributed by atoms with Gasteiger partial charge in [0.1, 0.15) is 5.82 Å². The Hall–Kier alpha value is -2.41. The van der Waals surface area contributed by atoms with Crippen LogP contribution >= 0.6 is 11.8 Å². The van der Waals surface area contributed by atoms with E-state index in [1.54, 1.807) is 42.8 Å². The summed E-state index contributed by atoms with van der Waals surface area (Å²) in [5, 5.41) is 13.5. The van der Waals surface area contributed by atoms with E-state index >= 15 is 0 Å². The number of nitro benzene ring substituents is 1. The number of nitrogens with zero attached hydrogens (tertiary/aromatic N) is 2. The van der Waals surface area contributed by atoms with Crippen LogP contribution in [0, 0.1) is 10.1 Å². The maximum absolute atomic E-state index is 12.0. The Morgan fingerprint density at radius 1 is 1.35 bits per heavy atom. The van der Waals surface area contributed by atoms with Crippen LogP contribution in [-0.2, 0) is 0 Å². The first kappa shape index (κ1) is 14.0. The molecular weight excluding hydrogens is 278 g/mol. The maximum atomic E-state index is 12.0. The third-order valence-corrected chi connectivity index (χ3v) is 3.33. The summed E-state index contributed by atoms with van der Waals surface area (Å²) in [5.41, 5.74) is 0.145. The lowest BCUT2D eigenvalue weighted by atomic mass is 10.2. The second-order valence-electron chi connectivity index (χ2n) is 3.81. The smallest absolute Gasteiger partial charge is 0.283 e. The number of amides is 1. The highest BCUT2D eigenvalue weighted by Gasteiger charge is 2.17. The van der Waals surface area contributed by atoms with Crippen LogP contribution < -0.4 is 5.32 Å². The molecule has 0 fully saturated rings. The molecule has 1 N–H and O–H groups in total. The number of pyridine rings is 1. The minimum absolute atomic E-state index is 0.0776. The largest absolute Gasteiger partial charge is 0.307 e. The van der Waals surface area contributed by atoms with Gasteiger partial charge in [-0.3, -0.25) is 14.9 Å². The van der Waals surface area contributed by atoms with E-state index in [2.05, 4.69) is 10.3 Å². The van der Waals surface area contributed by atoms with Gasteiger partial charge in [-0.25, -0.2) is 4.98 Å². The van der Waals surface area contributed by atoms with Gasteiger partial charge >= 0.3 is 0 Å². The van der Waals surface area contributed by atoms with Gasteiger partial charge < -0.3 is 5.32 Å². The van der Waals surface area contributed by atoms with Crippen molar-refractivity contribution in [3.8, 4) is 0 Å². The number of aromatic nitrogens is 1. The van der Waals surface area contributed by atoms with Crippen molar-refractivity contribution < 1.29 is 9.72 Å². The Labute approximate surface area is 119 Å². The van der Waals surface area contributed by atoms with E-state index in [9.17, 15) is 14.9 Å². The quantitative estimate of drug-likeness (QED) is 0.531. The van der Waals surface area contributed by atoms with Gasteiger partial charge in [-0.05, 0) is 30.5 Å². The fourth-order valence-electron chi connectivity index (χ4n) is 1.60. The van der Waals surface area contributed by atoms with Crippen LogP contribution in [-0.4, -0.2) is 22.1 Å². The van der Waals surface area contributed by atoms with Gasteiger partial charge in [0.25, 0.3) is 11.6 Å². The zero-order chi connectivity index (χ0) is 14.5. The van der Waals surface area contributed by atoms with Crippen LogP contribution in [0.1, 0.15) is 10.4 Å². The predicted molar refractivity (Wildman–Crippen MR) is 77.1 cm³/mol. The SMILES string of the molecule is CSc1ccc(C(=O)Nc2ccccn2)cc1[N+](=O)[O-]. The minimum Gasteiger partial charge on any atom is -0.307 e. The van der Waals surface area contributed by atoms with Crippen molar-refractivity contribution in [1.29, 1.82) is 0 Å². The molecule has 0 aliphatic rings. The number of nitro groups is 1. The molecule has 0 aliphatic carbocycles. The molecule has 0 atom stereocenters. The van der Waals surface area contributed by atoms with Gasteiger partial charge in [-0.1, -0.05) is 6.07 Å². The summed E-state index contributed by atoms with van der Waals surface area (Å²) < 4.78 is 0. The molecule has 0 aliphatic heterocycles. The van der Waals surface area contributed by atoms with Gasteiger partial charge in [-0.15, -0.1) is 11.8 Å². The molecule has 0 radical (unpaired) electrons. The topological polar surface area (TPSA) is 85.1 Å². The lowest BCUT2D eigenvalue weighted by molar-refractivity contribution is -0.387. The monoisotopic (exact) mass is 289 g/mol. The highest BCUT2D eigenvalue weighted by atomic mass is 32.2. The van der Waals surface area contributed by atoms with Gasteiger partial charge in [-0.2, -0.15) is 0 Å². The molecule has 0 saturated heterocycles. The van der Waals surface area contributed by atoms with Crippen LogP contribution in [0.2, 0.25) is 0 Å². The molecule has 0 bridgehead atoms. The number of carbonyl (C=O) groups is 1. The average Bonchev–Trinajstić information content (AvgIpc) is 2.47. The van der Waals surface area contributed by atoms with Crippen molar-refractivity contribution in [2.75, 3.05) is 11.6 Å². The molecule has 20 heavy (non-hydrogen) atoms. The van der Waals surface area contributed by atoms with Crippen molar-refractivity contribution in [3.05, 3.63) is 58.3 Å². The third kappa shape index (κ3) is 3.12. The summed E-state index contributed by atoms with van der Waals surface area (Å²) >= 11 is 1.26. The van der Waals surface area contributed by atoms with E-state index < -0.39 is 10.8 Å². The van der Waals surface area contributed by atoms with E-state index in [0.717, 1.165) is 0 Å². The third-order valence-electron chi connectivity index (χ3n) is 2.54. The number of nitrogens with one attached hydrogen (secondary N) is 1. The van der Waals surface area contributed by atoms with Crippen molar-refractivity contribution in [1.82, 2.24) is 4.98 Å². The Morgan fingerprint density at radius 2 is 2.15 bits per heavy atom. The summed E-state index contributed by atoms with van der Waals surface area (Å²) in [4.78, 5) is 27.0. The number of rotatable bonds is 4. The van der Waals surface area contributed by atoms with E-state index in [1.165, 1.54) is 17.8 Å². The zero-order valence-corrected chi connectivity index (χ0v) is 11.4. The van der Waals surface area contributed by atoms with E-state index in [4.69, 9.17) is 0 Å². The molecule has 0 spiro atoms. The van der Waals surface area contributed by atoms with Gasteiger partial charge in [0.15, 0.2) is 0 Å². The number of benzene rings is 1. The molecule has 1 aromatic carbocycles. The van der Waals surface area contributed by atoms with Crippen LogP contribution in [0.25, 0.3) is 0 Å². The number of carbonyl (C=O) groups excluding carboxylic acids is 1. The molecule has 2 rings (SSSR count). The molecule has 1 aromatic heterocycles. The van der Waals surface area contributed by atoms with Crippen molar-refractivity contribution >= 4 is 29.2 Å². The van der Waals surface area contributed by atoms with Crippen LogP contribution in [0.5, 0.6) is 0 Å². The molecule has 6 nitrogen and oxygen atoms in total. The Bertz CT molecular complexity index is 647. The lowest BCUT2D eigenvalue weighted by Crippen LogP contribution is -2.13. The summed E-state index contributed by atoms with van der Waals surface area (Å²) in [5.74, 6) is -0.0338. The normalized spacial score (nSPS) is 10.1. The first-order chi connectivity index (χ1) is 9.61. The maximum Gasteiger partial charge on any atom is 0.283 e. The van der Waals surface area contributed by atoms with Crippen LogP contribution in [0.15, 0.2) is 47.5 Å². The van der Waals surface area contributed by atoms with Crippen molar-refractivity contribution in [3.63, 3.8) is 0 Å². The van der Waals surface area contributed by atoms with Crippen molar-refractivity contribution in [2.45, 2.75) is 4.90 Å². The Morgan fingerprint density at radius 3 is 2.75 bits per heavy atom. The molecule has 0 saturated carbocycles. The highest BCUT2D eigenvalue weighted by Crippen LogP contribution is 2.28. The van der Waals surface area contributed by atoms with Crippen LogP contribution in [0.4, 0.5) is 11.5 Å². The van der Waals surface area contributed by atoms with Gasteiger partial charge in [0.05, 0.1) is 9.82 Å². The zero-order valence-electron chi connectivity index (χ0n) is 10.6. The number of hydrogen-bond acceptors (Lipinski definition) is 5. The standard InChI is InChI=1S/C13H11N3O3S/c1-20-11-6-5-9(8-10(11)16(18)19)13(17)15-12-4-2-3-7-14-12/h2-8H,1H3,(H,14,15,17). The van der Waals surface area contributed by atoms with E-state index in [0.29, 0.717) is 10.7 Å². The predicted octanol–water partition coefficient (Wildman–Crippen LogP) is 2.96. The lowest BCUT2D eigenvalue weighted by Gasteiger charge is -2.05. The van der Waals surface area contributed by atoms with E-state index in [-0.39, 0.29) is 11.3 Å². The van der Waals surface area contributed by atoms with E-state index in [1.807, 2.05) is 0 Å².